The minimum atomic E-state index is -3.49. The van der Waals surface area contributed by atoms with Crippen LogP contribution in [0.3, 0.4) is 0 Å². The van der Waals surface area contributed by atoms with Crippen molar-refractivity contribution in [2.75, 3.05) is 7.05 Å². The molecule has 1 aliphatic heterocycles. The van der Waals surface area contributed by atoms with Crippen molar-refractivity contribution in [3.8, 4) is 0 Å². The number of nitrogens with one attached hydrogen (secondary N) is 2. The smallest absolute Gasteiger partial charge is 0.240 e. The molecule has 0 bridgehead atoms. The largest absolute Gasteiger partial charge is 0.324 e. The molecule has 136 valence electrons. The van der Waals surface area contributed by atoms with E-state index in [1.807, 2.05) is 0 Å². The Morgan fingerprint density at radius 3 is 2.81 bits per heavy atom. The number of fused-ring (bicyclic) bond motifs is 2. The van der Waals surface area contributed by atoms with Gasteiger partial charge in [0, 0.05) is 23.9 Å². The first-order valence-electron chi connectivity index (χ1n) is 7.99. The number of rotatable bonds is 4. The van der Waals surface area contributed by atoms with E-state index in [1.165, 1.54) is 30.5 Å². The fraction of sp³-hybridized carbons (Fsp3) is 0.111. The fourth-order valence-electron chi connectivity index (χ4n) is 2.85. The SMILES string of the molecule is CNS(=O)(=O)c1ccc(N=CC2C(=O)NC3=C2c2scnc2C=C=C3)cc1. The lowest BCUT2D eigenvalue weighted by Crippen LogP contribution is -2.22. The lowest BCUT2D eigenvalue weighted by Gasteiger charge is -2.07. The molecule has 0 saturated carbocycles. The number of benzene rings is 1. The average Bonchev–Trinajstić information content (AvgIpc) is 3.20. The van der Waals surface area contributed by atoms with Crippen molar-refractivity contribution in [1.82, 2.24) is 15.0 Å². The van der Waals surface area contributed by atoms with Crippen LogP contribution in [0.2, 0.25) is 0 Å². The Bertz CT molecular complexity index is 1150. The minimum Gasteiger partial charge on any atom is -0.324 e. The fourth-order valence-corrected chi connectivity index (χ4v) is 4.45. The Morgan fingerprint density at radius 1 is 1.30 bits per heavy atom. The average molecular weight is 398 g/mol. The van der Waals surface area contributed by atoms with Gasteiger partial charge in [-0.2, -0.15) is 0 Å². The standard InChI is InChI=1S/C18H14N4O3S2/c1-19-27(24,25)12-7-5-11(6-8-12)20-9-13-16-14(22-18(13)23)3-2-4-15-17(16)26-10-21-15/h3-10,13,19H,1H3,(H,22,23). The number of hydrogen-bond donors (Lipinski definition) is 2. The van der Waals surface area contributed by atoms with Crippen molar-refractivity contribution in [2.24, 2.45) is 10.9 Å². The van der Waals surface area contributed by atoms with E-state index in [0.29, 0.717) is 11.4 Å². The van der Waals surface area contributed by atoms with Gasteiger partial charge in [-0.3, -0.25) is 9.79 Å². The number of sulfonamides is 1. The Labute approximate surface area is 159 Å². The van der Waals surface area contributed by atoms with Gasteiger partial charge < -0.3 is 5.32 Å². The molecular weight excluding hydrogens is 384 g/mol. The number of carbonyl (C=O) groups is 1. The molecule has 2 heterocycles. The van der Waals surface area contributed by atoms with Crippen LogP contribution in [-0.2, 0) is 14.8 Å². The highest BCUT2D eigenvalue weighted by atomic mass is 32.2. The number of allylic oxidation sites excluding steroid dienone is 1. The normalized spacial score (nSPS) is 18.6. The molecule has 9 heteroatoms. The highest BCUT2D eigenvalue weighted by molar-refractivity contribution is 7.89. The van der Waals surface area contributed by atoms with Crippen molar-refractivity contribution >= 4 is 50.8 Å². The molecule has 0 saturated heterocycles. The molecule has 0 fully saturated rings. The second kappa shape index (κ2) is 6.71. The van der Waals surface area contributed by atoms with Crippen LogP contribution in [-0.4, -0.2) is 32.6 Å². The zero-order valence-electron chi connectivity index (χ0n) is 14.1. The van der Waals surface area contributed by atoms with Gasteiger partial charge >= 0.3 is 0 Å². The first-order chi connectivity index (χ1) is 13.0. The summed E-state index contributed by atoms with van der Waals surface area (Å²) in [7, 11) is -2.14. The van der Waals surface area contributed by atoms with E-state index in [2.05, 4.69) is 25.7 Å². The summed E-state index contributed by atoms with van der Waals surface area (Å²) in [6, 6.07) is 6.13. The minimum absolute atomic E-state index is 0.154. The van der Waals surface area contributed by atoms with Gasteiger partial charge in [0.1, 0.15) is 5.92 Å². The number of thiazole rings is 1. The summed E-state index contributed by atoms with van der Waals surface area (Å²) in [4.78, 5) is 22.2. The summed E-state index contributed by atoms with van der Waals surface area (Å²) < 4.78 is 25.8. The summed E-state index contributed by atoms with van der Waals surface area (Å²) in [5.74, 6) is -0.720. The van der Waals surface area contributed by atoms with Crippen LogP contribution in [0.15, 0.2) is 57.2 Å². The molecule has 1 aromatic heterocycles. The molecule has 2 N–H and O–H groups in total. The van der Waals surface area contributed by atoms with Crippen molar-refractivity contribution in [2.45, 2.75) is 4.90 Å². The number of carbonyl (C=O) groups excluding carboxylic acids is 1. The van der Waals surface area contributed by atoms with Gasteiger partial charge in [0.05, 0.1) is 32.4 Å². The molecule has 1 amide bonds. The van der Waals surface area contributed by atoms with Crippen LogP contribution in [0, 0.1) is 5.92 Å². The molecular formula is C18H14N4O3S2. The summed E-state index contributed by atoms with van der Waals surface area (Å²) in [5.41, 5.74) is 7.61. The van der Waals surface area contributed by atoms with E-state index in [4.69, 9.17) is 0 Å². The monoisotopic (exact) mass is 398 g/mol. The Balaban J connectivity index is 1.65. The molecule has 0 spiro atoms. The zero-order chi connectivity index (χ0) is 19.0. The van der Waals surface area contributed by atoms with E-state index in [9.17, 15) is 13.2 Å². The first kappa shape index (κ1) is 17.6. The number of aliphatic imine (C=N–C) groups is 1. The zero-order valence-corrected chi connectivity index (χ0v) is 15.8. The lowest BCUT2D eigenvalue weighted by molar-refractivity contribution is -0.120. The number of aromatic nitrogens is 1. The molecule has 7 nitrogen and oxygen atoms in total. The molecule has 2 aromatic rings. The third kappa shape index (κ3) is 3.17. The highest BCUT2D eigenvalue weighted by Gasteiger charge is 2.34. The van der Waals surface area contributed by atoms with Gasteiger partial charge in [-0.1, -0.05) is 0 Å². The van der Waals surface area contributed by atoms with E-state index in [0.717, 1.165) is 16.1 Å². The maximum absolute atomic E-state index is 12.4. The predicted molar refractivity (Wildman–Crippen MR) is 104 cm³/mol. The van der Waals surface area contributed by atoms with Crippen LogP contribution in [0.1, 0.15) is 10.6 Å². The maximum atomic E-state index is 12.4. The van der Waals surface area contributed by atoms with Crippen molar-refractivity contribution in [3.05, 3.63) is 57.9 Å². The van der Waals surface area contributed by atoms with Gasteiger partial charge in [0.2, 0.25) is 15.9 Å². The summed E-state index contributed by atoms with van der Waals surface area (Å²) in [6.07, 6.45) is 5.08. The Hall–Kier alpha value is -2.84. The maximum Gasteiger partial charge on any atom is 0.240 e. The van der Waals surface area contributed by atoms with E-state index >= 15 is 0 Å². The summed E-state index contributed by atoms with van der Waals surface area (Å²) in [6.45, 7) is 0. The molecule has 1 aliphatic carbocycles. The number of nitrogens with zero attached hydrogens (tertiary/aromatic N) is 2. The van der Waals surface area contributed by atoms with Gasteiger partial charge in [-0.25, -0.2) is 18.1 Å². The van der Waals surface area contributed by atoms with Gasteiger partial charge in [0.15, 0.2) is 0 Å². The van der Waals surface area contributed by atoms with Crippen LogP contribution in [0.4, 0.5) is 5.69 Å². The second-order valence-corrected chi connectivity index (χ2v) is 8.54. The quantitative estimate of drug-likeness (QED) is 0.608. The van der Waals surface area contributed by atoms with Crippen molar-refractivity contribution in [3.63, 3.8) is 0 Å². The molecule has 2 aliphatic rings. The molecule has 27 heavy (non-hydrogen) atoms. The van der Waals surface area contributed by atoms with Crippen LogP contribution in [0.5, 0.6) is 0 Å². The topological polar surface area (TPSA) is 101 Å². The first-order valence-corrected chi connectivity index (χ1v) is 10.3. The van der Waals surface area contributed by atoms with Crippen molar-refractivity contribution < 1.29 is 13.2 Å². The van der Waals surface area contributed by atoms with Gasteiger partial charge in [0.25, 0.3) is 0 Å². The third-order valence-corrected chi connectivity index (χ3v) is 6.52. The summed E-state index contributed by atoms with van der Waals surface area (Å²) in [5, 5.41) is 2.85. The number of hydrogen-bond acceptors (Lipinski definition) is 6. The molecule has 0 radical (unpaired) electrons. The highest BCUT2D eigenvalue weighted by Crippen LogP contribution is 2.37. The molecule has 1 aromatic carbocycles. The number of amides is 1. The van der Waals surface area contributed by atoms with E-state index in [1.54, 1.807) is 36.0 Å². The third-order valence-electron chi connectivity index (χ3n) is 4.22. The van der Waals surface area contributed by atoms with Crippen LogP contribution < -0.4 is 10.0 Å². The van der Waals surface area contributed by atoms with Crippen LogP contribution in [0.25, 0.3) is 11.6 Å². The predicted octanol–water partition coefficient (Wildman–Crippen LogP) is 2.09. The van der Waals surface area contributed by atoms with Gasteiger partial charge in [-0.05, 0) is 31.3 Å². The summed E-state index contributed by atoms with van der Waals surface area (Å²) >= 11 is 1.46. The lowest BCUT2D eigenvalue weighted by atomic mass is 9.99. The van der Waals surface area contributed by atoms with E-state index in [-0.39, 0.29) is 10.8 Å². The van der Waals surface area contributed by atoms with Crippen LogP contribution >= 0.6 is 11.3 Å². The Kier molecular flexibility index (Phi) is 4.37. The van der Waals surface area contributed by atoms with E-state index < -0.39 is 15.9 Å². The molecule has 4 rings (SSSR count). The van der Waals surface area contributed by atoms with Gasteiger partial charge in [-0.15, -0.1) is 17.1 Å². The van der Waals surface area contributed by atoms with Crippen molar-refractivity contribution in [1.29, 1.82) is 0 Å². The Morgan fingerprint density at radius 2 is 2.07 bits per heavy atom. The second-order valence-electron chi connectivity index (χ2n) is 5.80. The molecule has 1 unspecified atom stereocenters. The molecule has 1 atom stereocenters.